The zero-order valence-electron chi connectivity index (χ0n) is 16.5. The third-order valence-electron chi connectivity index (χ3n) is 4.82. The Kier molecular flexibility index (Phi) is 6.03. The molecule has 0 radical (unpaired) electrons. The van der Waals surface area contributed by atoms with Gasteiger partial charge in [0.1, 0.15) is 5.75 Å². The SMILES string of the molecule is CC(Oc1cccnc1)C(=O)NC1CCCN(C(=O)c2cnn(-c3nccs3)c2)C1. The molecule has 0 saturated carbocycles. The van der Waals surface area contributed by atoms with Crippen molar-refractivity contribution in [1.29, 1.82) is 0 Å². The fraction of sp³-hybridized carbons (Fsp3) is 0.350. The van der Waals surface area contributed by atoms with Gasteiger partial charge in [0.25, 0.3) is 11.8 Å². The topological polar surface area (TPSA) is 102 Å². The van der Waals surface area contributed by atoms with Crippen molar-refractivity contribution in [3.63, 3.8) is 0 Å². The molecule has 1 aliphatic rings. The van der Waals surface area contributed by atoms with E-state index in [1.54, 1.807) is 59.6 Å². The van der Waals surface area contributed by atoms with Gasteiger partial charge in [0.2, 0.25) is 5.13 Å². The minimum Gasteiger partial charge on any atom is -0.479 e. The second-order valence-corrected chi connectivity index (χ2v) is 7.91. The van der Waals surface area contributed by atoms with Crippen molar-refractivity contribution in [2.45, 2.75) is 31.9 Å². The highest BCUT2D eigenvalue weighted by Gasteiger charge is 2.28. The molecule has 3 aromatic heterocycles. The van der Waals surface area contributed by atoms with Crippen LogP contribution < -0.4 is 10.1 Å². The molecule has 9 nitrogen and oxygen atoms in total. The maximum atomic E-state index is 12.9. The fourth-order valence-corrected chi connectivity index (χ4v) is 3.89. The van der Waals surface area contributed by atoms with Crippen molar-refractivity contribution in [1.82, 2.24) is 30.0 Å². The molecule has 30 heavy (non-hydrogen) atoms. The summed E-state index contributed by atoms with van der Waals surface area (Å²) in [5.74, 6) is 0.226. The number of rotatable bonds is 6. The number of likely N-dealkylation sites (tertiary alicyclic amines) is 1. The number of hydrogen-bond donors (Lipinski definition) is 1. The molecule has 0 aliphatic carbocycles. The first-order valence-corrected chi connectivity index (χ1v) is 10.6. The van der Waals surface area contributed by atoms with Gasteiger partial charge in [0.15, 0.2) is 6.10 Å². The Balaban J connectivity index is 1.33. The quantitative estimate of drug-likeness (QED) is 0.646. The van der Waals surface area contributed by atoms with Gasteiger partial charge in [0.05, 0.1) is 18.0 Å². The third-order valence-corrected chi connectivity index (χ3v) is 5.58. The normalized spacial score (nSPS) is 17.4. The van der Waals surface area contributed by atoms with E-state index in [4.69, 9.17) is 4.74 Å². The number of aromatic nitrogens is 4. The summed E-state index contributed by atoms with van der Waals surface area (Å²) >= 11 is 1.45. The lowest BCUT2D eigenvalue weighted by atomic mass is 10.0. The number of amides is 2. The summed E-state index contributed by atoms with van der Waals surface area (Å²) in [6, 6.07) is 3.38. The first kappa shape index (κ1) is 20.0. The molecule has 10 heteroatoms. The Morgan fingerprint density at radius 2 is 2.23 bits per heavy atom. The van der Waals surface area contributed by atoms with Crippen LogP contribution in [-0.2, 0) is 4.79 Å². The number of nitrogens with zero attached hydrogens (tertiary/aromatic N) is 5. The molecular weight excluding hydrogens is 404 g/mol. The van der Waals surface area contributed by atoms with E-state index in [1.807, 2.05) is 5.38 Å². The summed E-state index contributed by atoms with van der Waals surface area (Å²) in [4.78, 5) is 35.3. The van der Waals surface area contributed by atoms with Crippen molar-refractivity contribution in [3.05, 3.63) is 54.1 Å². The maximum Gasteiger partial charge on any atom is 0.261 e. The van der Waals surface area contributed by atoms with Gasteiger partial charge in [-0.3, -0.25) is 14.6 Å². The van der Waals surface area contributed by atoms with E-state index in [0.29, 0.717) is 29.5 Å². The summed E-state index contributed by atoms with van der Waals surface area (Å²) in [6.45, 7) is 2.79. The molecule has 1 fully saturated rings. The predicted molar refractivity (Wildman–Crippen MR) is 111 cm³/mol. The minimum absolute atomic E-state index is 0.101. The average Bonchev–Trinajstić information content (AvgIpc) is 3.46. The molecule has 156 valence electrons. The molecule has 0 bridgehead atoms. The number of carbonyl (C=O) groups is 2. The molecule has 1 aliphatic heterocycles. The van der Waals surface area contributed by atoms with Gasteiger partial charge in [-0.05, 0) is 31.9 Å². The summed E-state index contributed by atoms with van der Waals surface area (Å²) in [5.41, 5.74) is 0.505. The van der Waals surface area contributed by atoms with E-state index in [9.17, 15) is 9.59 Å². The van der Waals surface area contributed by atoms with Crippen molar-refractivity contribution in [2.75, 3.05) is 13.1 Å². The van der Waals surface area contributed by atoms with E-state index in [2.05, 4.69) is 20.4 Å². The van der Waals surface area contributed by atoms with Crippen LogP contribution in [0.15, 0.2) is 48.5 Å². The number of hydrogen-bond acceptors (Lipinski definition) is 7. The maximum absolute atomic E-state index is 12.9. The average molecular weight is 427 g/mol. The number of ether oxygens (including phenoxy) is 1. The highest BCUT2D eigenvalue weighted by atomic mass is 32.1. The van der Waals surface area contributed by atoms with E-state index in [-0.39, 0.29) is 17.9 Å². The highest BCUT2D eigenvalue weighted by molar-refractivity contribution is 7.12. The summed E-state index contributed by atoms with van der Waals surface area (Å²) in [7, 11) is 0. The monoisotopic (exact) mass is 426 g/mol. The molecular formula is C20H22N6O3S. The van der Waals surface area contributed by atoms with Crippen LogP contribution in [0.3, 0.4) is 0 Å². The first-order valence-electron chi connectivity index (χ1n) is 9.71. The van der Waals surface area contributed by atoms with Crippen molar-refractivity contribution >= 4 is 23.2 Å². The van der Waals surface area contributed by atoms with Crippen LogP contribution in [-0.4, -0.2) is 61.7 Å². The Morgan fingerprint density at radius 3 is 3.00 bits per heavy atom. The number of piperidine rings is 1. The smallest absolute Gasteiger partial charge is 0.261 e. The number of nitrogens with one attached hydrogen (secondary N) is 1. The van der Waals surface area contributed by atoms with E-state index < -0.39 is 6.10 Å². The molecule has 1 saturated heterocycles. The molecule has 2 unspecified atom stereocenters. The van der Waals surface area contributed by atoms with Gasteiger partial charge >= 0.3 is 0 Å². The molecule has 3 aromatic rings. The molecule has 0 aromatic carbocycles. The molecule has 4 heterocycles. The van der Waals surface area contributed by atoms with Gasteiger partial charge in [-0.25, -0.2) is 9.67 Å². The van der Waals surface area contributed by atoms with Crippen LogP contribution in [0.4, 0.5) is 0 Å². The Hall–Kier alpha value is -3.27. The Morgan fingerprint density at radius 1 is 1.33 bits per heavy atom. The van der Waals surface area contributed by atoms with Gasteiger partial charge in [0, 0.05) is 43.1 Å². The van der Waals surface area contributed by atoms with Gasteiger partial charge < -0.3 is 15.0 Å². The fourth-order valence-electron chi connectivity index (χ4n) is 3.32. The van der Waals surface area contributed by atoms with Crippen molar-refractivity contribution in [2.24, 2.45) is 0 Å². The van der Waals surface area contributed by atoms with E-state index in [0.717, 1.165) is 12.8 Å². The second kappa shape index (κ2) is 9.04. The molecule has 0 spiro atoms. The zero-order chi connectivity index (χ0) is 20.9. The Bertz CT molecular complexity index is 991. The summed E-state index contributed by atoms with van der Waals surface area (Å²) in [6.07, 6.45) is 9.12. The van der Waals surface area contributed by atoms with Crippen molar-refractivity contribution in [3.8, 4) is 10.9 Å². The Labute approximate surface area is 177 Å². The number of thiazole rings is 1. The molecule has 2 amide bonds. The minimum atomic E-state index is -0.656. The van der Waals surface area contributed by atoms with Crippen LogP contribution in [0, 0.1) is 0 Å². The van der Waals surface area contributed by atoms with E-state index >= 15 is 0 Å². The third kappa shape index (κ3) is 4.65. The summed E-state index contributed by atoms with van der Waals surface area (Å²) in [5, 5.41) is 9.79. The first-order chi connectivity index (χ1) is 14.6. The molecule has 4 rings (SSSR count). The van der Waals surface area contributed by atoms with Crippen LogP contribution in [0.1, 0.15) is 30.1 Å². The number of pyridine rings is 1. The van der Waals surface area contributed by atoms with E-state index in [1.165, 1.54) is 11.3 Å². The lowest BCUT2D eigenvalue weighted by Gasteiger charge is -2.33. The molecule has 2 atom stereocenters. The largest absolute Gasteiger partial charge is 0.479 e. The van der Waals surface area contributed by atoms with Crippen LogP contribution in [0.25, 0.3) is 5.13 Å². The van der Waals surface area contributed by atoms with Crippen LogP contribution in [0.2, 0.25) is 0 Å². The molecule has 1 N–H and O–H groups in total. The lowest BCUT2D eigenvalue weighted by molar-refractivity contribution is -0.128. The van der Waals surface area contributed by atoms with Crippen LogP contribution in [0.5, 0.6) is 5.75 Å². The number of carbonyl (C=O) groups excluding carboxylic acids is 2. The second-order valence-electron chi connectivity index (χ2n) is 7.04. The standard InChI is InChI=1S/C20H22N6O3S/c1-14(29-17-5-2-6-21-11-17)18(27)24-16-4-3-8-25(13-16)19(28)15-10-23-26(12-15)20-22-7-9-30-20/h2,5-7,9-12,14,16H,3-4,8,13H2,1H3,(H,24,27). The van der Waals surface area contributed by atoms with Gasteiger partial charge in [-0.2, -0.15) is 5.10 Å². The lowest BCUT2D eigenvalue weighted by Crippen LogP contribution is -2.52. The van der Waals surface area contributed by atoms with Crippen LogP contribution >= 0.6 is 11.3 Å². The predicted octanol–water partition coefficient (Wildman–Crippen LogP) is 1.91. The zero-order valence-corrected chi connectivity index (χ0v) is 17.3. The van der Waals surface area contributed by atoms with Crippen molar-refractivity contribution < 1.29 is 14.3 Å². The van der Waals surface area contributed by atoms with Gasteiger partial charge in [-0.1, -0.05) is 0 Å². The summed E-state index contributed by atoms with van der Waals surface area (Å²) < 4.78 is 7.22. The highest BCUT2D eigenvalue weighted by Crippen LogP contribution is 2.17. The van der Waals surface area contributed by atoms with Gasteiger partial charge in [-0.15, -0.1) is 11.3 Å².